The van der Waals surface area contributed by atoms with Crippen LogP contribution in [-0.2, 0) is 6.42 Å². The Bertz CT molecular complexity index is 552. The quantitative estimate of drug-likeness (QED) is 0.940. The van der Waals surface area contributed by atoms with E-state index in [0.29, 0.717) is 19.4 Å². The molecular weight excluding hydrogens is 301 g/mol. The summed E-state index contributed by atoms with van der Waals surface area (Å²) in [4.78, 5) is 11.8. The summed E-state index contributed by atoms with van der Waals surface area (Å²) < 4.78 is 0.847. The maximum absolute atomic E-state index is 11.8. The highest BCUT2D eigenvalue weighted by atomic mass is 35.5. The van der Waals surface area contributed by atoms with E-state index in [1.807, 2.05) is 6.92 Å². The number of hydrogen-bond donors (Lipinski definition) is 1. The minimum atomic E-state index is -0.322. The van der Waals surface area contributed by atoms with Crippen molar-refractivity contribution in [3.05, 3.63) is 25.3 Å². The number of nitrogens with one attached hydrogen (secondary N) is 1. The molecular formula is C9H7Cl2N3OS2. The fourth-order valence-electron chi connectivity index (χ4n) is 1.11. The Labute approximate surface area is 116 Å². The van der Waals surface area contributed by atoms with Gasteiger partial charge < -0.3 is 0 Å². The molecule has 0 aromatic carbocycles. The molecule has 0 saturated carbocycles. The normalized spacial score (nSPS) is 10.5. The molecule has 1 amide bonds. The molecule has 0 saturated heterocycles. The Balaban J connectivity index is 2.14. The van der Waals surface area contributed by atoms with Gasteiger partial charge in [-0.3, -0.25) is 10.1 Å². The topological polar surface area (TPSA) is 54.9 Å². The van der Waals surface area contributed by atoms with Crippen molar-refractivity contribution in [3.8, 4) is 0 Å². The van der Waals surface area contributed by atoms with Gasteiger partial charge in [0.15, 0.2) is 0 Å². The molecule has 8 heteroatoms. The number of anilines is 1. The summed E-state index contributed by atoms with van der Waals surface area (Å²) in [7, 11) is 0. The van der Waals surface area contributed by atoms with E-state index in [1.165, 1.54) is 17.4 Å². The number of amides is 1. The zero-order valence-corrected chi connectivity index (χ0v) is 11.8. The zero-order valence-electron chi connectivity index (χ0n) is 8.66. The number of carbonyl (C=O) groups is 1. The van der Waals surface area contributed by atoms with Crippen LogP contribution >= 0.6 is 45.9 Å². The number of carbonyl (C=O) groups excluding carboxylic acids is 1. The van der Waals surface area contributed by atoms with Gasteiger partial charge in [-0.05, 0) is 12.5 Å². The van der Waals surface area contributed by atoms with Gasteiger partial charge in [0, 0.05) is 0 Å². The van der Waals surface area contributed by atoms with Gasteiger partial charge in [-0.1, -0.05) is 41.5 Å². The van der Waals surface area contributed by atoms with Gasteiger partial charge in [0.1, 0.15) is 9.34 Å². The van der Waals surface area contributed by atoms with Crippen LogP contribution in [0, 0.1) is 0 Å². The van der Waals surface area contributed by atoms with Crippen molar-refractivity contribution >= 4 is 56.9 Å². The third-order valence-electron chi connectivity index (χ3n) is 1.89. The van der Waals surface area contributed by atoms with Gasteiger partial charge in [0.2, 0.25) is 5.13 Å². The minimum absolute atomic E-state index is 0.322. The summed E-state index contributed by atoms with van der Waals surface area (Å²) in [5.41, 5.74) is 0.356. The molecule has 2 heterocycles. The van der Waals surface area contributed by atoms with Crippen molar-refractivity contribution in [2.24, 2.45) is 0 Å². The highest BCUT2D eigenvalue weighted by Gasteiger charge is 2.15. The summed E-state index contributed by atoms with van der Waals surface area (Å²) in [6.45, 7) is 1.97. The molecule has 0 spiro atoms. The largest absolute Gasteiger partial charge is 0.296 e. The van der Waals surface area contributed by atoms with Gasteiger partial charge in [0.25, 0.3) is 5.91 Å². The minimum Gasteiger partial charge on any atom is -0.296 e. The van der Waals surface area contributed by atoms with Crippen LogP contribution in [0.3, 0.4) is 0 Å². The summed E-state index contributed by atoms with van der Waals surface area (Å²) in [5.74, 6) is -0.322. The molecule has 2 aromatic heterocycles. The van der Waals surface area contributed by atoms with E-state index in [1.54, 1.807) is 0 Å². The Hall–Kier alpha value is -0.690. The number of thiophene rings is 1. The molecule has 0 fully saturated rings. The first kappa shape index (κ1) is 12.8. The highest BCUT2D eigenvalue weighted by molar-refractivity contribution is 7.20. The lowest BCUT2D eigenvalue weighted by Crippen LogP contribution is -2.11. The predicted molar refractivity (Wildman–Crippen MR) is 71.6 cm³/mol. The van der Waals surface area contributed by atoms with Crippen LogP contribution in [0.5, 0.6) is 0 Å². The van der Waals surface area contributed by atoms with E-state index in [4.69, 9.17) is 23.2 Å². The van der Waals surface area contributed by atoms with Crippen molar-refractivity contribution in [2.75, 3.05) is 5.32 Å². The molecule has 0 radical (unpaired) electrons. The SMILES string of the molecule is CCc1nnc(NC(=O)c2cc(Cl)sc2Cl)s1. The Morgan fingerprint density at radius 3 is 2.71 bits per heavy atom. The lowest BCUT2D eigenvalue weighted by Gasteiger charge is -1.97. The lowest BCUT2D eigenvalue weighted by molar-refractivity contribution is 0.102. The van der Waals surface area contributed by atoms with E-state index in [9.17, 15) is 4.79 Å². The monoisotopic (exact) mass is 307 g/mol. The Morgan fingerprint density at radius 1 is 1.41 bits per heavy atom. The summed E-state index contributed by atoms with van der Waals surface area (Å²) in [6, 6.07) is 1.53. The van der Waals surface area contributed by atoms with Crippen LogP contribution in [0.4, 0.5) is 5.13 Å². The number of rotatable bonds is 3. The van der Waals surface area contributed by atoms with Crippen LogP contribution < -0.4 is 5.32 Å². The molecule has 0 unspecified atom stereocenters. The number of hydrogen-bond acceptors (Lipinski definition) is 5. The van der Waals surface area contributed by atoms with E-state index in [-0.39, 0.29) is 5.91 Å². The molecule has 90 valence electrons. The van der Waals surface area contributed by atoms with E-state index >= 15 is 0 Å². The van der Waals surface area contributed by atoms with Crippen LogP contribution in [0.2, 0.25) is 8.67 Å². The Morgan fingerprint density at radius 2 is 2.18 bits per heavy atom. The first-order valence-electron chi connectivity index (χ1n) is 4.68. The molecule has 2 rings (SSSR count). The fourth-order valence-corrected chi connectivity index (χ4v) is 3.24. The van der Waals surface area contributed by atoms with E-state index < -0.39 is 0 Å². The van der Waals surface area contributed by atoms with Crippen molar-refractivity contribution in [3.63, 3.8) is 0 Å². The second-order valence-electron chi connectivity index (χ2n) is 3.05. The third kappa shape index (κ3) is 2.95. The summed E-state index contributed by atoms with van der Waals surface area (Å²) >= 11 is 14.1. The fraction of sp³-hybridized carbons (Fsp3) is 0.222. The number of nitrogens with zero attached hydrogens (tertiary/aromatic N) is 2. The lowest BCUT2D eigenvalue weighted by atomic mass is 10.3. The molecule has 0 aliphatic heterocycles. The molecule has 17 heavy (non-hydrogen) atoms. The predicted octanol–water partition coefficient (Wildman–Crippen LogP) is 3.72. The molecule has 0 aliphatic rings. The molecule has 4 nitrogen and oxygen atoms in total. The molecule has 0 aliphatic carbocycles. The molecule has 2 aromatic rings. The first-order chi connectivity index (χ1) is 8.10. The standard InChI is InChI=1S/C9H7Cl2N3OS2/c1-2-6-13-14-9(17-6)12-8(15)4-3-5(10)16-7(4)11/h3H,2H2,1H3,(H,12,14,15). The first-order valence-corrected chi connectivity index (χ1v) is 7.07. The highest BCUT2D eigenvalue weighted by Crippen LogP contribution is 2.31. The van der Waals surface area contributed by atoms with Crippen molar-refractivity contribution in [1.29, 1.82) is 0 Å². The maximum atomic E-state index is 11.8. The van der Waals surface area contributed by atoms with Gasteiger partial charge in [-0.15, -0.1) is 21.5 Å². The van der Waals surface area contributed by atoms with Crippen LogP contribution in [0.1, 0.15) is 22.3 Å². The van der Waals surface area contributed by atoms with Gasteiger partial charge >= 0.3 is 0 Å². The number of aryl methyl sites for hydroxylation is 1. The second-order valence-corrected chi connectivity index (χ2v) is 6.39. The zero-order chi connectivity index (χ0) is 12.4. The van der Waals surface area contributed by atoms with Crippen LogP contribution in [0.15, 0.2) is 6.07 Å². The Kier molecular flexibility index (Phi) is 3.98. The van der Waals surface area contributed by atoms with Crippen molar-refractivity contribution in [2.45, 2.75) is 13.3 Å². The average Bonchev–Trinajstić information content (AvgIpc) is 2.85. The van der Waals surface area contributed by atoms with Crippen LogP contribution in [0.25, 0.3) is 0 Å². The van der Waals surface area contributed by atoms with Gasteiger partial charge in [0.05, 0.1) is 9.90 Å². The van der Waals surface area contributed by atoms with Crippen molar-refractivity contribution in [1.82, 2.24) is 10.2 Å². The van der Waals surface area contributed by atoms with Crippen LogP contribution in [-0.4, -0.2) is 16.1 Å². The smallest absolute Gasteiger partial charge is 0.259 e. The summed E-state index contributed by atoms with van der Waals surface area (Å²) in [6.07, 6.45) is 0.790. The third-order valence-corrected chi connectivity index (χ3v) is 4.36. The average molecular weight is 308 g/mol. The van der Waals surface area contributed by atoms with Gasteiger partial charge in [-0.25, -0.2) is 0 Å². The second kappa shape index (κ2) is 5.30. The molecule has 0 atom stereocenters. The number of halogens is 2. The molecule has 0 bridgehead atoms. The molecule has 1 N–H and O–H groups in total. The van der Waals surface area contributed by atoms with E-state index in [0.717, 1.165) is 22.8 Å². The summed E-state index contributed by atoms with van der Waals surface area (Å²) in [5, 5.41) is 11.7. The number of aromatic nitrogens is 2. The van der Waals surface area contributed by atoms with E-state index in [2.05, 4.69) is 15.5 Å². The van der Waals surface area contributed by atoms with Crippen molar-refractivity contribution < 1.29 is 4.79 Å². The van der Waals surface area contributed by atoms with Gasteiger partial charge in [-0.2, -0.15) is 0 Å². The maximum Gasteiger partial charge on any atom is 0.259 e.